The van der Waals surface area contributed by atoms with Crippen LogP contribution in [0, 0.1) is 0 Å². The molecule has 8 heteroatoms. The monoisotopic (exact) mass is 527 g/mol. The Labute approximate surface area is 194 Å². The van der Waals surface area contributed by atoms with Crippen molar-refractivity contribution in [2.45, 2.75) is 25.4 Å². The second-order valence-corrected chi connectivity index (χ2v) is 8.18. The summed E-state index contributed by atoms with van der Waals surface area (Å²) in [5.74, 6) is 0.690. The molecule has 1 atom stereocenters. The number of halogens is 1. The average Bonchev–Trinajstić information content (AvgIpc) is 3.24. The van der Waals surface area contributed by atoms with Gasteiger partial charge in [0, 0.05) is 43.8 Å². The molecule has 2 heterocycles. The molecule has 1 fully saturated rings. The van der Waals surface area contributed by atoms with Crippen molar-refractivity contribution in [3.05, 3.63) is 52.7 Å². The van der Waals surface area contributed by atoms with E-state index in [9.17, 15) is 4.79 Å². The number of amides is 1. The first kappa shape index (κ1) is 23.5. The van der Waals surface area contributed by atoms with Crippen molar-refractivity contribution in [3.8, 4) is 0 Å². The molecule has 1 aliphatic heterocycles. The summed E-state index contributed by atoms with van der Waals surface area (Å²) in [5.41, 5.74) is 1.25. The molecule has 0 saturated carbocycles. The quantitative estimate of drug-likeness (QED) is 0.345. The minimum atomic E-state index is -0.00761. The Kier molecular flexibility index (Phi) is 9.72. The smallest absolute Gasteiger partial charge is 0.243 e. The van der Waals surface area contributed by atoms with Crippen LogP contribution in [0.1, 0.15) is 17.7 Å². The van der Waals surface area contributed by atoms with E-state index in [1.165, 1.54) is 10.6 Å². The Hall–Kier alpha value is -1.81. The van der Waals surface area contributed by atoms with Crippen molar-refractivity contribution >= 4 is 52.9 Å². The van der Waals surface area contributed by atoms with E-state index in [4.69, 9.17) is 0 Å². The lowest BCUT2D eigenvalue weighted by molar-refractivity contribution is -0.127. The Morgan fingerprint density at radius 3 is 2.72 bits per heavy atom. The topological polar surface area (TPSA) is 60.0 Å². The molecular weight excluding hydrogens is 497 g/mol. The summed E-state index contributed by atoms with van der Waals surface area (Å²) >= 11 is 1.71. The first-order valence-corrected chi connectivity index (χ1v) is 10.6. The van der Waals surface area contributed by atoms with E-state index in [0.717, 1.165) is 25.9 Å². The number of thiophene rings is 1. The third-order valence-electron chi connectivity index (χ3n) is 4.76. The molecule has 3 rings (SSSR count). The van der Waals surface area contributed by atoms with E-state index in [1.54, 1.807) is 30.3 Å². The van der Waals surface area contributed by atoms with Crippen LogP contribution in [0.2, 0.25) is 0 Å². The van der Waals surface area contributed by atoms with Gasteiger partial charge in [-0.2, -0.15) is 0 Å². The summed E-state index contributed by atoms with van der Waals surface area (Å²) in [7, 11) is 3.51. The van der Waals surface area contributed by atoms with Crippen LogP contribution in [-0.2, 0) is 11.3 Å². The van der Waals surface area contributed by atoms with Gasteiger partial charge in [-0.3, -0.25) is 4.79 Å². The van der Waals surface area contributed by atoms with E-state index >= 15 is 0 Å². The number of hydrogen-bond acceptors (Lipinski definition) is 4. The molecule has 0 bridgehead atoms. The molecule has 2 aromatic rings. The van der Waals surface area contributed by atoms with Crippen LogP contribution in [0.3, 0.4) is 0 Å². The van der Waals surface area contributed by atoms with Crippen LogP contribution in [0.4, 0.5) is 5.69 Å². The van der Waals surface area contributed by atoms with Crippen LogP contribution in [-0.4, -0.2) is 56.5 Å². The SMILES string of the molecule is CN(C)C(=O)CN=C(NCc1cccs1)NC1CCCN(c2ccccc2)C1.I. The first-order valence-electron chi connectivity index (χ1n) is 9.69. The normalized spacial score (nSPS) is 16.7. The van der Waals surface area contributed by atoms with Gasteiger partial charge in [-0.1, -0.05) is 24.3 Å². The predicted octanol–water partition coefficient (Wildman–Crippen LogP) is 3.16. The van der Waals surface area contributed by atoms with Crippen LogP contribution in [0.15, 0.2) is 52.8 Å². The van der Waals surface area contributed by atoms with E-state index in [0.29, 0.717) is 12.5 Å². The zero-order chi connectivity index (χ0) is 19.8. The number of rotatable bonds is 6. The molecular formula is C21H30IN5OS. The molecule has 158 valence electrons. The second-order valence-electron chi connectivity index (χ2n) is 7.15. The highest BCUT2D eigenvalue weighted by Gasteiger charge is 2.21. The lowest BCUT2D eigenvalue weighted by Gasteiger charge is -2.35. The maximum atomic E-state index is 12.0. The van der Waals surface area contributed by atoms with Gasteiger partial charge in [0.2, 0.25) is 5.91 Å². The number of anilines is 1. The number of aliphatic imine (C=N–C) groups is 1. The summed E-state index contributed by atoms with van der Waals surface area (Å²) in [6.07, 6.45) is 2.21. The Balaban J connectivity index is 0.00000300. The number of carbonyl (C=O) groups is 1. The number of nitrogens with one attached hydrogen (secondary N) is 2. The van der Waals surface area contributed by atoms with Gasteiger partial charge in [0.1, 0.15) is 6.54 Å². The number of nitrogens with zero attached hydrogens (tertiary/aromatic N) is 3. The van der Waals surface area contributed by atoms with Gasteiger partial charge in [0.25, 0.3) is 0 Å². The largest absolute Gasteiger partial charge is 0.369 e. The molecule has 1 aromatic carbocycles. The van der Waals surface area contributed by atoms with Crippen molar-refractivity contribution < 1.29 is 4.79 Å². The number of para-hydroxylation sites is 1. The number of benzene rings is 1. The summed E-state index contributed by atoms with van der Waals surface area (Å²) < 4.78 is 0. The lowest BCUT2D eigenvalue weighted by Crippen LogP contribution is -2.51. The number of guanidine groups is 1. The Morgan fingerprint density at radius 2 is 2.03 bits per heavy atom. The van der Waals surface area contributed by atoms with E-state index in [2.05, 4.69) is 56.2 Å². The van der Waals surface area contributed by atoms with Gasteiger partial charge in [-0.05, 0) is 36.4 Å². The fourth-order valence-electron chi connectivity index (χ4n) is 3.19. The highest BCUT2D eigenvalue weighted by molar-refractivity contribution is 14.0. The molecule has 2 N–H and O–H groups in total. The van der Waals surface area contributed by atoms with Crippen molar-refractivity contribution in [2.75, 3.05) is 38.6 Å². The zero-order valence-corrected chi connectivity index (χ0v) is 20.2. The van der Waals surface area contributed by atoms with Crippen molar-refractivity contribution in [1.82, 2.24) is 15.5 Å². The Morgan fingerprint density at radius 1 is 1.24 bits per heavy atom. The average molecular weight is 527 g/mol. The number of likely N-dealkylation sites (N-methyl/N-ethyl adjacent to an activating group) is 1. The Bertz CT molecular complexity index is 767. The molecule has 29 heavy (non-hydrogen) atoms. The van der Waals surface area contributed by atoms with Gasteiger partial charge in [0.05, 0.1) is 6.54 Å². The molecule has 1 aromatic heterocycles. The minimum Gasteiger partial charge on any atom is -0.369 e. The second kappa shape index (κ2) is 12.0. The summed E-state index contributed by atoms with van der Waals surface area (Å²) in [6, 6.07) is 14.9. The molecule has 1 unspecified atom stereocenters. The lowest BCUT2D eigenvalue weighted by atomic mass is 10.1. The maximum absolute atomic E-state index is 12.0. The number of hydrogen-bond donors (Lipinski definition) is 2. The minimum absolute atomic E-state index is 0. The van der Waals surface area contributed by atoms with Gasteiger partial charge in [-0.25, -0.2) is 4.99 Å². The summed E-state index contributed by atoms with van der Waals surface area (Å²) in [5, 5.41) is 8.99. The van der Waals surface area contributed by atoms with Gasteiger partial charge in [0.15, 0.2) is 5.96 Å². The first-order chi connectivity index (χ1) is 13.6. The molecule has 0 aliphatic carbocycles. The van der Waals surface area contributed by atoms with E-state index < -0.39 is 0 Å². The van der Waals surface area contributed by atoms with Crippen LogP contribution in [0.25, 0.3) is 0 Å². The van der Waals surface area contributed by atoms with Crippen LogP contribution >= 0.6 is 35.3 Å². The van der Waals surface area contributed by atoms with Gasteiger partial charge < -0.3 is 20.4 Å². The van der Waals surface area contributed by atoms with Gasteiger partial charge >= 0.3 is 0 Å². The number of carbonyl (C=O) groups excluding carboxylic acids is 1. The van der Waals surface area contributed by atoms with Crippen molar-refractivity contribution in [3.63, 3.8) is 0 Å². The fourth-order valence-corrected chi connectivity index (χ4v) is 3.83. The van der Waals surface area contributed by atoms with Crippen LogP contribution < -0.4 is 15.5 Å². The molecule has 1 amide bonds. The van der Waals surface area contributed by atoms with Gasteiger partial charge in [-0.15, -0.1) is 35.3 Å². The molecule has 1 aliphatic rings. The predicted molar refractivity (Wildman–Crippen MR) is 132 cm³/mol. The number of piperidine rings is 1. The maximum Gasteiger partial charge on any atom is 0.243 e. The highest BCUT2D eigenvalue weighted by Crippen LogP contribution is 2.19. The zero-order valence-electron chi connectivity index (χ0n) is 17.0. The molecule has 1 saturated heterocycles. The van der Waals surface area contributed by atoms with E-state index in [1.807, 2.05) is 12.1 Å². The van der Waals surface area contributed by atoms with Crippen molar-refractivity contribution in [2.24, 2.45) is 4.99 Å². The summed E-state index contributed by atoms with van der Waals surface area (Å²) in [6.45, 7) is 2.83. The third-order valence-corrected chi connectivity index (χ3v) is 5.64. The summed E-state index contributed by atoms with van der Waals surface area (Å²) in [4.78, 5) is 21.7. The fraction of sp³-hybridized carbons (Fsp3) is 0.429. The highest BCUT2D eigenvalue weighted by atomic mass is 127. The van der Waals surface area contributed by atoms with Crippen molar-refractivity contribution in [1.29, 1.82) is 0 Å². The van der Waals surface area contributed by atoms with E-state index in [-0.39, 0.29) is 42.5 Å². The molecule has 6 nitrogen and oxygen atoms in total. The standard InChI is InChI=1S/C21H29N5OS.HI/c1-25(2)20(27)15-23-21(22-14-19-11-7-13-28-19)24-17-8-6-12-26(16-17)18-9-4-3-5-10-18;/h3-5,7,9-11,13,17H,6,8,12,14-16H2,1-2H3,(H2,22,23,24);1H. The molecule has 0 radical (unpaired) electrons. The van der Waals surface area contributed by atoms with Crippen LogP contribution in [0.5, 0.6) is 0 Å². The molecule has 0 spiro atoms. The third kappa shape index (κ3) is 7.50.